The van der Waals surface area contributed by atoms with Crippen LogP contribution >= 0.6 is 0 Å². The topological polar surface area (TPSA) is 72.8 Å². The molecule has 0 bridgehead atoms. The largest absolute Gasteiger partial charge is 0.462 e. The second kappa shape index (κ2) is 32.9. The Hall–Kier alpha value is -1.62. The molecule has 0 heterocycles. The number of aliphatic hydroxyl groups excluding tert-OH is 1. The van der Waals surface area contributed by atoms with Crippen molar-refractivity contribution in [2.75, 3.05) is 13.2 Å². The SMILES string of the molecule is CCCCC/C=C/CCCCCCCC(=O)OC[C@H](CO)OC(=O)CCCCCCCCC/C=C/CCCCCC. The molecule has 5 heteroatoms. The predicted molar refractivity (Wildman–Crippen MR) is 173 cm³/mol. The van der Waals surface area contributed by atoms with Crippen LogP contribution < -0.4 is 0 Å². The van der Waals surface area contributed by atoms with Gasteiger partial charge in [0.15, 0.2) is 6.10 Å². The molecule has 0 saturated carbocycles. The molecule has 0 unspecified atom stereocenters. The minimum atomic E-state index is -0.771. The Balaban J connectivity index is 3.59. The van der Waals surface area contributed by atoms with E-state index in [1.807, 2.05) is 0 Å². The predicted octanol–water partition coefficient (Wildman–Crippen LogP) is 10.3. The summed E-state index contributed by atoms with van der Waals surface area (Å²) in [6, 6.07) is 0. The Kier molecular flexibility index (Phi) is 31.6. The molecular weight excluding hydrogens is 512 g/mol. The van der Waals surface area contributed by atoms with Gasteiger partial charge < -0.3 is 14.6 Å². The van der Waals surface area contributed by atoms with Crippen molar-refractivity contribution in [2.45, 2.75) is 180 Å². The molecular formula is C36H66O5. The monoisotopic (exact) mass is 578 g/mol. The van der Waals surface area contributed by atoms with Gasteiger partial charge in [0.25, 0.3) is 0 Å². The molecule has 240 valence electrons. The number of esters is 2. The molecule has 0 aromatic rings. The van der Waals surface area contributed by atoms with Gasteiger partial charge in [-0.2, -0.15) is 0 Å². The van der Waals surface area contributed by atoms with Crippen LogP contribution in [0.25, 0.3) is 0 Å². The molecule has 41 heavy (non-hydrogen) atoms. The fourth-order valence-electron chi connectivity index (χ4n) is 4.78. The summed E-state index contributed by atoms with van der Waals surface area (Å²) in [5.41, 5.74) is 0. The van der Waals surface area contributed by atoms with E-state index >= 15 is 0 Å². The Morgan fingerprint density at radius 3 is 1.37 bits per heavy atom. The van der Waals surface area contributed by atoms with Crippen LogP contribution in [-0.4, -0.2) is 36.4 Å². The lowest BCUT2D eigenvalue weighted by Crippen LogP contribution is -2.28. The molecule has 0 radical (unpaired) electrons. The van der Waals surface area contributed by atoms with Crippen molar-refractivity contribution in [1.82, 2.24) is 0 Å². The Bertz CT molecular complexity index is 627. The number of hydrogen-bond donors (Lipinski definition) is 1. The van der Waals surface area contributed by atoms with E-state index in [1.54, 1.807) is 0 Å². The second-order valence-corrected chi connectivity index (χ2v) is 11.6. The molecule has 0 saturated heterocycles. The zero-order valence-electron chi connectivity index (χ0n) is 27.1. The summed E-state index contributed by atoms with van der Waals surface area (Å²) in [6.45, 7) is 4.08. The van der Waals surface area contributed by atoms with Crippen molar-refractivity contribution in [1.29, 1.82) is 0 Å². The van der Waals surface area contributed by atoms with Gasteiger partial charge in [-0.3, -0.25) is 9.59 Å². The summed E-state index contributed by atoms with van der Waals surface area (Å²) in [6.07, 6.45) is 36.5. The minimum absolute atomic E-state index is 0.0697. The third kappa shape index (κ3) is 31.2. The average Bonchev–Trinajstić information content (AvgIpc) is 2.97. The average molecular weight is 579 g/mol. The molecule has 5 nitrogen and oxygen atoms in total. The van der Waals surface area contributed by atoms with E-state index in [2.05, 4.69) is 38.2 Å². The van der Waals surface area contributed by atoms with Gasteiger partial charge in [0.05, 0.1) is 6.61 Å². The molecule has 0 amide bonds. The lowest BCUT2D eigenvalue weighted by molar-refractivity contribution is -0.161. The van der Waals surface area contributed by atoms with E-state index in [4.69, 9.17) is 9.47 Å². The first-order valence-corrected chi connectivity index (χ1v) is 17.4. The highest BCUT2D eigenvalue weighted by molar-refractivity contribution is 5.70. The molecule has 0 aromatic heterocycles. The Labute approximate surface area is 253 Å². The number of carbonyl (C=O) groups excluding carboxylic acids is 2. The van der Waals surface area contributed by atoms with Crippen LogP contribution in [0.4, 0.5) is 0 Å². The van der Waals surface area contributed by atoms with Crippen molar-refractivity contribution in [2.24, 2.45) is 0 Å². The van der Waals surface area contributed by atoms with E-state index in [-0.39, 0.29) is 25.2 Å². The molecule has 0 spiro atoms. The summed E-state index contributed by atoms with van der Waals surface area (Å²) in [7, 11) is 0. The molecule has 1 N–H and O–H groups in total. The van der Waals surface area contributed by atoms with E-state index < -0.39 is 6.10 Å². The van der Waals surface area contributed by atoms with Crippen molar-refractivity contribution >= 4 is 11.9 Å². The molecule has 0 aliphatic rings. The number of rotatable bonds is 31. The van der Waals surface area contributed by atoms with Crippen LogP contribution in [0, 0.1) is 0 Å². The standard InChI is InChI=1S/C36H66O5/c1-3-5-7-9-11-13-15-17-18-19-21-23-25-27-29-31-36(39)41-34(32-37)33-40-35(38)30-28-26-24-22-20-16-14-12-10-8-6-4-2/h12-15,34,37H,3-11,16-33H2,1-2H3/b14-12+,15-13+/t34-/m0/s1. The van der Waals surface area contributed by atoms with E-state index in [1.165, 1.54) is 103 Å². The summed E-state index contributed by atoms with van der Waals surface area (Å²) < 4.78 is 10.5. The normalized spacial score (nSPS) is 12.4. The van der Waals surface area contributed by atoms with Gasteiger partial charge in [0, 0.05) is 12.8 Å². The number of carbonyl (C=O) groups is 2. The molecule has 0 rings (SSSR count). The van der Waals surface area contributed by atoms with E-state index in [0.717, 1.165) is 44.9 Å². The molecule has 0 aliphatic carbocycles. The lowest BCUT2D eigenvalue weighted by atomic mass is 10.1. The number of hydrogen-bond acceptors (Lipinski definition) is 5. The zero-order chi connectivity index (χ0) is 30.1. The maximum Gasteiger partial charge on any atom is 0.306 e. The molecule has 0 aliphatic heterocycles. The highest BCUT2D eigenvalue weighted by Gasteiger charge is 2.16. The van der Waals surface area contributed by atoms with E-state index in [9.17, 15) is 14.7 Å². The van der Waals surface area contributed by atoms with Crippen LogP contribution in [0.15, 0.2) is 24.3 Å². The summed E-state index contributed by atoms with van der Waals surface area (Å²) in [5, 5.41) is 9.50. The summed E-state index contributed by atoms with van der Waals surface area (Å²) in [5.74, 6) is -0.606. The first-order valence-electron chi connectivity index (χ1n) is 17.4. The van der Waals surface area contributed by atoms with Gasteiger partial charge in [-0.05, 0) is 64.2 Å². The van der Waals surface area contributed by atoms with Crippen LogP contribution in [0.3, 0.4) is 0 Å². The zero-order valence-corrected chi connectivity index (χ0v) is 27.1. The number of ether oxygens (including phenoxy) is 2. The van der Waals surface area contributed by atoms with Gasteiger partial charge in [-0.25, -0.2) is 0 Å². The lowest BCUT2D eigenvalue weighted by Gasteiger charge is -2.15. The maximum atomic E-state index is 12.1. The Morgan fingerprint density at radius 2 is 0.902 bits per heavy atom. The number of allylic oxidation sites excluding steroid dienone is 4. The maximum absolute atomic E-state index is 12.1. The smallest absolute Gasteiger partial charge is 0.306 e. The summed E-state index contributed by atoms with van der Waals surface area (Å²) >= 11 is 0. The molecule has 0 aromatic carbocycles. The van der Waals surface area contributed by atoms with Crippen LogP contribution in [0.5, 0.6) is 0 Å². The first-order chi connectivity index (χ1) is 20.1. The van der Waals surface area contributed by atoms with Gasteiger partial charge in [0.2, 0.25) is 0 Å². The fraction of sp³-hybridized carbons (Fsp3) is 0.833. The van der Waals surface area contributed by atoms with Crippen LogP contribution in [0.2, 0.25) is 0 Å². The van der Waals surface area contributed by atoms with Gasteiger partial charge >= 0.3 is 11.9 Å². The number of aliphatic hydroxyl groups is 1. The van der Waals surface area contributed by atoms with Crippen LogP contribution in [0.1, 0.15) is 174 Å². The summed E-state index contributed by atoms with van der Waals surface area (Å²) in [4.78, 5) is 24.1. The quantitative estimate of drug-likeness (QED) is 0.0503. The van der Waals surface area contributed by atoms with Crippen molar-refractivity contribution in [3.63, 3.8) is 0 Å². The number of unbranched alkanes of at least 4 members (excludes halogenated alkanes) is 19. The molecule has 1 atom stereocenters. The van der Waals surface area contributed by atoms with Gasteiger partial charge in [0.1, 0.15) is 6.61 Å². The van der Waals surface area contributed by atoms with Crippen LogP contribution in [-0.2, 0) is 19.1 Å². The van der Waals surface area contributed by atoms with Gasteiger partial charge in [-0.1, -0.05) is 122 Å². The van der Waals surface area contributed by atoms with Crippen molar-refractivity contribution in [3.8, 4) is 0 Å². The molecule has 0 fully saturated rings. The second-order valence-electron chi connectivity index (χ2n) is 11.6. The Morgan fingerprint density at radius 1 is 0.537 bits per heavy atom. The third-order valence-corrected chi connectivity index (χ3v) is 7.47. The fourth-order valence-corrected chi connectivity index (χ4v) is 4.78. The van der Waals surface area contributed by atoms with E-state index in [0.29, 0.717) is 12.8 Å². The minimum Gasteiger partial charge on any atom is -0.462 e. The highest BCUT2D eigenvalue weighted by Crippen LogP contribution is 2.12. The first kappa shape index (κ1) is 39.4. The van der Waals surface area contributed by atoms with Crippen molar-refractivity contribution < 1.29 is 24.2 Å². The van der Waals surface area contributed by atoms with Gasteiger partial charge in [-0.15, -0.1) is 0 Å². The third-order valence-electron chi connectivity index (χ3n) is 7.47. The highest BCUT2D eigenvalue weighted by atomic mass is 16.6. The van der Waals surface area contributed by atoms with Crippen molar-refractivity contribution in [3.05, 3.63) is 24.3 Å².